The van der Waals surface area contributed by atoms with E-state index in [2.05, 4.69) is 26.2 Å². The van der Waals surface area contributed by atoms with Crippen molar-refractivity contribution >= 4 is 15.9 Å². The minimum Gasteiger partial charge on any atom is -0.438 e. The Balaban J connectivity index is 2.31. The van der Waals surface area contributed by atoms with Gasteiger partial charge in [0, 0.05) is 41.0 Å². The number of nitrogens with zero attached hydrogens (tertiary/aromatic N) is 1. The fourth-order valence-corrected chi connectivity index (χ4v) is 1.96. The van der Waals surface area contributed by atoms with Crippen molar-refractivity contribution in [3.63, 3.8) is 0 Å². The van der Waals surface area contributed by atoms with Crippen LogP contribution >= 0.6 is 15.9 Å². The van der Waals surface area contributed by atoms with Gasteiger partial charge in [-0.15, -0.1) is 0 Å². The summed E-state index contributed by atoms with van der Waals surface area (Å²) in [5.74, 6) is -1.00. The van der Waals surface area contributed by atoms with Gasteiger partial charge in [-0.05, 0) is 29.0 Å². The van der Waals surface area contributed by atoms with Crippen LogP contribution in [0.25, 0.3) is 0 Å². The number of aromatic nitrogens is 1. The average molecular weight is 329 g/mol. The predicted molar refractivity (Wildman–Crippen MR) is 71.1 cm³/mol. The maximum absolute atomic E-state index is 13.1. The predicted octanol–water partition coefficient (Wildman–Crippen LogP) is 3.63. The van der Waals surface area contributed by atoms with Gasteiger partial charge >= 0.3 is 0 Å². The second kappa shape index (κ2) is 6.08. The van der Waals surface area contributed by atoms with Crippen molar-refractivity contribution in [3.8, 4) is 11.6 Å². The molecule has 0 saturated carbocycles. The number of pyridine rings is 1. The quantitative estimate of drug-likeness (QED) is 0.930. The zero-order valence-corrected chi connectivity index (χ0v) is 11.7. The maximum Gasteiger partial charge on any atom is 0.223 e. The van der Waals surface area contributed by atoms with Crippen LogP contribution in [-0.2, 0) is 6.54 Å². The van der Waals surface area contributed by atoms with E-state index in [1.807, 2.05) is 6.07 Å². The van der Waals surface area contributed by atoms with Crippen LogP contribution in [0.5, 0.6) is 11.6 Å². The lowest BCUT2D eigenvalue weighted by molar-refractivity contribution is 0.443. The van der Waals surface area contributed by atoms with Gasteiger partial charge in [0.05, 0.1) is 0 Å². The summed E-state index contributed by atoms with van der Waals surface area (Å²) in [4.78, 5) is 4.10. The molecule has 1 aromatic heterocycles. The Morgan fingerprint density at radius 2 is 1.89 bits per heavy atom. The van der Waals surface area contributed by atoms with E-state index in [9.17, 15) is 8.78 Å². The van der Waals surface area contributed by atoms with E-state index in [1.165, 1.54) is 0 Å². The van der Waals surface area contributed by atoms with Crippen molar-refractivity contribution in [1.29, 1.82) is 0 Å². The normalized spacial score (nSPS) is 10.5. The molecule has 1 aromatic carbocycles. The van der Waals surface area contributed by atoms with Gasteiger partial charge in [-0.25, -0.2) is 13.8 Å². The molecule has 0 unspecified atom stereocenters. The lowest BCUT2D eigenvalue weighted by Gasteiger charge is -2.10. The van der Waals surface area contributed by atoms with Gasteiger partial charge < -0.3 is 10.1 Å². The van der Waals surface area contributed by atoms with Crippen LogP contribution in [0, 0.1) is 11.6 Å². The van der Waals surface area contributed by atoms with Crippen molar-refractivity contribution in [2.45, 2.75) is 6.54 Å². The van der Waals surface area contributed by atoms with Crippen molar-refractivity contribution in [2.24, 2.45) is 0 Å². The van der Waals surface area contributed by atoms with E-state index >= 15 is 0 Å². The summed E-state index contributed by atoms with van der Waals surface area (Å²) < 4.78 is 32.4. The molecule has 0 spiro atoms. The largest absolute Gasteiger partial charge is 0.438 e. The van der Waals surface area contributed by atoms with E-state index in [0.717, 1.165) is 28.2 Å². The molecule has 0 aliphatic heterocycles. The number of halogens is 3. The maximum atomic E-state index is 13.1. The number of rotatable bonds is 4. The zero-order valence-electron chi connectivity index (χ0n) is 10.1. The third kappa shape index (κ3) is 3.71. The Hall–Kier alpha value is -1.53. The molecule has 2 aromatic rings. The highest BCUT2D eigenvalue weighted by Gasteiger charge is 2.09. The van der Waals surface area contributed by atoms with Crippen LogP contribution in [0.3, 0.4) is 0 Å². The first kappa shape index (κ1) is 13.9. The molecule has 0 radical (unpaired) electrons. The Morgan fingerprint density at radius 3 is 2.53 bits per heavy atom. The molecule has 3 nitrogen and oxygen atoms in total. The van der Waals surface area contributed by atoms with Crippen molar-refractivity contribution in [3.05, 3.63) is 52.1 Å². The van der Waals surface area contributed by atoms with E-state index in [4.69, 9.17) is 4.74 Å². The first-order valence-corrected chi connectivity index (χ1v) is 6.31. The first-order chi connectivity index (χ1) is 9.08. The fourth-order valence-electron chi connectivity index (χ4n) is 1.58. The average Bonchev–Trinajstić information content (AvgIpc) is 2.32. The van der Waals surface area contributed by atoms with Crippen molar-refractivity contribution < 1.29 is 13.5 Å². The minimum absolute atomic E-state index is 0.0738. The first-order valence-electron chi connectivity index (χ1n) is 5.51. The Morgan fingerprint density at radius 1 is 1.21 bits per heavy atom. The molecule has 6 heteroatoms. The van der Waals surface area contributed by atoms with E-state index in [1.54, 1.807) is 13.2 Å². The number of hydrogen-bond donors (Lipinski definition) is 1. The number of benzene rings is 1. The number of nitrogens with one attached hydrogen (secondary N) is 1. The molecule has 0 fully saturated rings. The van der Waals surface area contributed by atoms with Gasteiger partial charge in [0.2, 0.25) is 5.88 Å². The molecule has 1 N–H and O–H groups in total. The fraction of sp³-hybridized carbons (Fsp3) is 0.154. The summed E-state index contributed by atoms with van der Waals surface area (Å²) >= 11 is 3.31. The molecule has 0 aliphatic rings. The van der Waals surface area contributed by atoms with E-state index in [-0.39, 0.29) is 5.75 Å². The lowest BCUT2D eigenvalue weighted by Crippen LogP contribution is -2.07. The van der Waals surface area contributed by atoms with Gasteiger partial charge in [-0.3, -0.25) is 0 Å². The molecule has 100 valence electrons. The molecule has 2 rings (SSSR count). The summed E-state index contributed by atoms with van der Waals surface area (Å²) in [6.07, 6.45) is 1.56. The molecule has 0 saturated heterocycles. The summed E-state index contributed by atoms with van der Waals surface area (Å²) in [5, 5.41) is 2.97. The Bertz CT molecular complexity index is 573. The molecule has 19 heavy (non-hydrogen) atoms. The molecular formula is C13H11BrF2N2O. The lowest BCUT2D eigenvalue weighted by atomic mass is 10.2. The summed E-state index contributed by atoms with van der Waals surface area (Å²) in [6, 6.07) is 4.83. The Labute approximate surface area is 117 Å². The van der Waals surface area contributed by atoms with Crippen molar-refractivity contribution in [2.75, 3.05) is 7.05 Å². The van der Waals surface area contributed by atoms with Gasteiger partial charge in [-0.2, -0.15) is 0 Å². The van der Waals surface area contributed by atoms with Crippen LogP contribution in [-0.4, -0.2) is 12.0 Å². The van der Waals surface area contributed by atoms with Gasteiger partial charge in [0.25, 0.3) is 0 Å². The third-order valence-electron chi connectivity index (χ3n) is 2.31. The summed E-state index contributed by atoms with van der Waals surface area (Å²) in [7, 11) is 1.78. The molecule has 0 amide bonds. The highest BCUT2D eigenvalue weighted by Crippen LogP contribution is 2.26. The van der Waals surface area contributed by atoms with Gasteiger partial charge in [-0.1, -0.05) is 0 Å². The van der Waals surface area contributed by atoms with Crippen LogP contribution in [0.2, 0.25) is 0 Å². The van der Waals surface area contributed by atoms with Gasteiger partial charge in [0.15, 0.2) is 0 Å². The monoisotopic (exact) mass is 328 g/mol. The van der Waals surface area contributed by atoms with Crippen LogP contribution in [0.1, 0.15) is 5.56 Å². The molecule has 0 aliphatic carbocycles. The standard InChI is InChI=1S/C13H11BrF2N2O/c1-17-6-8-2-9(14)7-18-13(8)19-12-4-10(15)3-11(16)5-12/h2-5,7,17H,6H2,1H3. The second-order valence-corrected chi connectivity index (χ2v) is 4.77. The molecule has 1 heterocycles. The summed E-state index contributed by atoms with van der Waals surface area (Å²) in [5.41, 5.74) is 0.779. The molecular weight excluding hydrogens is 318 g/mol. The zero-order chi connectivity index (χ0) is 13.8. The smallest absolute Gasteiger partial charge is 0.223 e. The van der Waals surface area contributed by atoms with Crippen LogP contribution in [0.4, 0.5) is 8.78 Å². The second-order valence-electron chi connectivity index (χ2n) is 3.86. The topological polar surface area (TPSA) is 34.2 Å². The van der Waals surface area contributed by atoms with Crippen LogP contribution < -0.4 is 10.1 Å². The van der Waals surface area contributed by atoms with Crippen molar-refractivity contribution in [1.82, 2.24) is 10.3 Å². The molecule has 0 bridgehead atoms. The SMILES string of the molecule is CNCc1cc(Br)cnc1Oc1cc(F)cc(F)c1. The highest BCUT2D eigenvalue weighted by molar-refractivity contribution is 9.10. The van der Waals surface area contributed by atoms with Gasteiger partial charge in [0.1, 0.15) is 17.4 Å². The minimum atomic E-state index is -0.692. The third-order valence-corrected chi connectivity index (χ3v) is 2.74. The number of ether oxygens (including phenoxy) is 1. The van der Waals surface area contributed by atoms with E-state index < -0.39 is 11.6 Å². The molecule has 0 atom stereocenters. The Kier molecular flexibility index (Phi) is 4.44. The number of hydrogen-bond acceptors (Lipinski definition) is 3. The highest BCUT2D eigenvalue weighted by atomic mass is 79.9. The summed E-state index contributed by atoms with van der Waals surface area (Å²) in [6.45, 7) is 0.527. The van der Waals surface area contributed by atoms with Crippen LogP contribution in [0.15, 0.2) is 34.9 Å². The van der Waals surface area contributed by atoms with E-state index in [0.29, 0.717) is 12.4 Å².